The summed E-state index contributed by atoms with van der Waals surface area (Å²) in [5.74, 6) is -1.69. The Balaban J connectivity index is 2.89. The van der Waals surface area contributed by atoms with Gasteiger partial charge in [0.2, 0.25) is 0 Å². The summed E-state index contributed by atoms with van der Waals surface area (Å²) < 4.78 is 34.5. The Morgan fingerprint density at radius 2 is 1.91 bits per heavy atom. The van der Waals surface area contributed by atoms with Gasteiger partial charge in [-0.15, -0.1) is 0 Å². The lowest BCUT2D eigenvalue weighted by atomic mass is 9.98. The van der Waals surface area contributed by atoms with E-state index in [0.717, 1.165) is 0 Å². The Hall–Kier alpha value is -2.17. The normalized spacial score (nSPS) is 12.6. The van der Waals surface area contributed by atoms with Gasteiger partial charge in [-0.3, -0.25) is 4.55 Å². The van der Waals surface area contributed by atoms with Gasteiger partial charge in [0, 0.05) is 0 Å². The molecule has 6 N–H and O–H groups in total. The number of carbonyl (C=O) groups is 2. The lowest BCUT2D eigenvalue weighted by Crippen LogP contribution is -2.37. The topological polar surface area (TPSA) is 170 Å². The molecule has 0 radical (unpaired) electrons. The van der Waals surface area contributed by atoms with Gasteiger partial charge >= 0.3 is 12.1 Å². The van der Waals surface area contributed by atoms with E-state index in [1.54, 1.807) is 0 Å². The summed E-state index contributed by atoms with van der Waals surface area (Å²) in [6.45, 7) is 0. The first kappa shape index (κ1) is 17.9. The van der Waals surface area contributed by atoms with Crippen LogP contribution in [0.2, 0.25) is 0 Å². The van der Waals surface area contributed by atoms with Gasteiger partial charge in [-0.1, -0.05) is 6.07 Å². The molecule has 1 atom stereocenters. The van der Waals surface area contributed by atoms with Crippen LogP contribution >= 0.6 is 0 Å². The molecule has 0 heterocycles. The zero-order valence-electron chi connectivity index (χ0n) is 11.4. The fourth-order valence-corrected chi connectivity index (χ4v) is 2.26. The summed E-state index contributed by atoms with van der Waals surface area (Å²) in [7, 11) is -4.18. The van der Waals surface area contributed by atoms with Gasteiger partial charge < -0.3 is 21.3 Å². The van der Waals surface area contributed by atoms with Gasteiger partial charge in [0.05, 0.1) is 5.75 Å². The van der Waals surface area contributed by atoms with E-state index in [9.17, 15) is 23.1 Å². The lowest BCUT2D eigenvalue weighted by Gasteiger charge is -2.13. The average molecular weight is 332 g/mol. The summed E-state index contributed by atoms with van der Waals surface area (Å²) in [6.07, 6.45) is -1.43. The van der Waals surface area contributed by atoms with Crippen LogP contribution in [0.1, 0.15) is 11.1 Å². The molecule has 0 aromatic heterocycles. The van der Waals surface area contributed by atoms with Crippen LogP contribution in [0.25, 0.3) is 0 Å². The molecule has 0 aliphatic carbocycles. The molecule has 1 rings (SSSR count). The van der Waals surface area contributed by atoms with Crippen LogP contribution in [-0.2, 0) is 32.5 Å². The Kier molecular flexibility index (Phi) is 5.85. The smallest absolute Gasteiger partial charge is 0.412 e. The summed E-state index contributed by atoms with van der Waals surface area (Å²) in [5.41, 5.74) is 11.1. The molecule has 0 saturated carbocycles. The highest BCUT2D eigenvalue weighted by Crippen LogP contribution is 2.19. The highest BCUT2D eigenvalue weighted by atomic mass is 32.2. The fourth-order valence-electron chi connectivity index (χ4n) is 1.78. The van der Waals surface area contributed by atoms with Crippen LogP contribution in [0, 0.1) is 0 Å². The second-order valence-electron chi connectivity index (χ2n) is 4.54. The number of carbonyl (C=O) groups excluding carboxylic acids is 2. The minimum Gasteiger partial charge on any atom is -0.508 e. The largest absolute Gasteiger partial charge is 0.508 e. The molecular formula is C12H16N2O7S. The summed E-state index contributed by atoms with van der Waals surface area (Å²) in [4.78, 5) is 21.9. The van der Waals surface area contributed by atoms with Crippen molar-refractivity contribution >= 4 is 22.2 Å². The maximum atomic E-state index is 11.4. The quantitative estimate of drug-likeness (QED) is 0.301. The molecule has 0 saturated heterocycles. The third-order valence-electron chi connectivity index (χ3n) is 2.76. The van der Waals surface area contributed by atoms with E-state index in [0.29, 0.717) is 11.1 Å². The van der Waals surface area contributed by atoms with Crippen LogP contribution in [0.15, 0.2) is 18.2 Å². The number of ether oxygens (including phenoxy) is 1. The number of rotatable bonds is 6. The fraction of sp³-hybridized carbons (Fsp3) is 0.333. The zero-order valence-corrected chi connectivity index (χ0v) is 12.2. The number of aromatic hydroxyl groups is 1. The first-order valence-corrected chi connectivity index (χ1v) is 7.72. The molecule has 1 amide bonds. The minimum absolute atomic E-state index is 0.0623. The van der Waals surface area contributed by atoms with Crippen molar-refractivity contribution in [1.82, 2.24) is 0 Å². The standard InChI is InChI=1S/C12H16N2O7S/c13-10(11(16)21-12(14)17)6-7-1-2-9(15)5-8(7)3-4-22(18,19)20/h1-2,5,10,15H,3-4,6,13H2,(H2,14,17)(H,18,19,20)/t10-/m0/s1. The van der Waals surface area contributed by atoms with Crippen molar-refractivity contribution < 1.29 is 32.4 Å². The van der Waals surface area contributed by atoms with E-state index >= 15 is 0 Å². The Morgan fingerprint density at radius 1 is 1.27 bits per heavy atom. The predicted octanol–water partition coefficient (Wildman–Crippen LogP) is -0.686. The molecule has 1 aromatic rings. The molecule has 0 aliphatic heterocycles. The second kappa shape index (κ2) is 7.20. The van der Waals surface area contributed by atoms with E-state index in [4.69, 9.17) is 16.0 Å². The average Bonchev–Trinajstić information content (AvgIpc) is 2.37. The summed E-state index contributed by atoms with van der Waals surface area (Å²) in [6, 6.07) is 2.89. The SMILES string of the molecule is NC(=O)OC(=O)[C@@H](N)Cc1ccc(O)cc1CCS(=O)(=O)O. The van der Waals surface area contributed by atoms with Gasteiger partial charge in [0.15, 0.2) is 0 Å². The van der Waals surface area contributed by atoms with Crippen LogP contribution in [0.3, 0.4) is 0 Å². The summed E-state index contributed by atoms with van der Waals surface area (Å²) in [5, 5.41) is 9.43. The maximum absolute atomic E-state index is 11.4. The number of nitrogens with two attached hydrogens (primary N) is 2. The molecule has 122 valence electrons. The highest BCUT2D eigenvalue weighted by Gasteiger charge is 2.20. The van der Waals surface area contributed by atoms with Gasteiger partial charge in [-0.25, -0.2) is 9.59 Å². The molecule has 0 fully saturated rings. The highest BCUT2D eigenvalue weighted by molar-refractivity contribution is 7.85. The van der Waals surface area contributed by atoms with E-state index in [1.807, 2.05) is 0 Å². The van der Waals surface area contributed by atoms with E-state index in [1.165, 1.54) is 18.2 Å². The van der Waals surface area contributed by atoms with E-state index < -0.39 is 34.0 Å². The van der Waals surface area contributed by atoms with Gasteiger partial charge in [-0.05, 0) is 36.1 Å². The third-order valence-corrected chi connectivity index (χ3v) is 3.48. The molecule has 10 heteroatoms. The van der Waals surface area contributed by atoms with Crippen molar-refractivity contribution in [3.05, 3.63) is 29.3 Å². The molecule has 0 unspecified atom stereocenters. The Bertz CT molecular complexity index is 672. The molecule has 9 nitrogen and oxygen atoms in total. The number of primary amides is 1. The first-order chi connectivity index (χ1) is 10.1. The number of hydrogen-bond acceptors (Lipinski definition) is 7. The van der Waals surface area contributed by atoms with Gasteiger partial charge in [0.25, 0.3) is 10.1 Å². The predicted molar refractivity (Wildman–Crippen MR) is 75.6 cm³/mol. The number of benzene rings is 1. The monoisotopic (exact) mass is 332 g/mol. The van der Waals surface area contributed by atoms with E-state index in [-0.39, 0.29) is 18.6 Å². The van der Waals surface area contributed by atoms with Crippen molar-refractivity contribution in [3.8, 4) is 5.75 Å². The zero-order chi connectivity index (χ0) is 16.9. The van der Waals surface area contributed by atoms with E-state index in [2.05, 4.69) is 4.74 Å². The van der Waals surface area contributed by atoms with Crippen LogP contribution in [-0.4, -0.2) is 41.9 Å². The van der Waals surface area contributed by atoms with Crippen molar-refractivity contribution in [2.45, 2.75) is 18.9 Å². The summed E-state index contributed by atoms with van der Waals surface area (Å²) >= 11 is 0. The number of esters is 1. The third kappa shape index (κ3) is 6.08. The second-order valence-corrected chi connectivity index (χ2v) is 6.11. The lowest BCUT2D eigenvalue weighted by molar-refractivity contribution is -0.138. The van der Waals surface area contributed by atoms with Crippen molar-refractivity contribution in [2.75, 3.05) is 5.75 Å². The van der Waals surface area contributed by atoms with Gasteiger partial charge in [-0.2, -0.15) is 8.42 Å². The Morgan fingerprint density at radius 3 is 2.45 bits per heavy atom. The van der Waals surface area contributed by atoms with Crippen LogP contribution < -0.4 is 11.5 Å². The van der Waals surface area contributed by atoms with Crippen LogP contribution in [0.5, 0.6) is 5.75 Å². The van der Waals surface area contributed by atoms with Crippen molar-refractivity contribution in [2.24, 2.45) is 11.5 Å². The minimum atomic E-state index is -4.18. The Labute approximate surface area is 126 Å². The first-order valence-electron chi connectivity index (χ1n) is 6.11. The van der Waals surface area contributed by atoms with Crippen LogP contribution in [0.4, 0.5) is 4.79 Å². The number of hydrogen-bond donors (Lipinski definition) is 4. The van der Waals surface area contributed by atoms with Crippen molar-refractivity contribution in [3.63, 3.8) is 0 Å². The van der Waals surface area contributed by atoms with Crippen molar-refractivity contribution in [1.29, 1.82) is 0 Å². The molecule has 0 aliphatic rings. The van der Waals surface area contributed by atoms with Gasteiger partial charge in [0.1, 0.15) is 11.8 Å². The molecule has 22 heavy (non-hydrogen) atoms. The molecule has 1 aromatic carbocycles. The molecular weight excluding hydrogens is 316 g/mol. The maximum Gasteiger partial charge on any atom is 0.412 e. The number of phenols is 1. The molecule has 0 spiro atoms. The number of phenolic OH excluding ortho intramolecular Hbond substituents is 1. The number of aryl methyl sites for hydroxylation is 1. The molecule has 0 bridgehead atoms. The number of amides is 1.